The third kappa shape index (κ3) is 5.96. The molecule has 168 valence electrons. The summed E-state index contributed by atoms with van der Waals surface area (Å²) in [4.78, 5) is 0.0290. The summed E-state index contributed by atoms with van der Waals surface area (Å²) in [5.41, 5.74) is 3.11. The Morgan fingerprint density at radius 2 is 1.91 bits per heavy atom. The Morgan fingerprint density at radius 3 is 2.47 bits per heavy atom. The maximum absolute atomic E-state index is 11.6. The largest absolute Gasteiger partial charge is 0.497 e. The van der Waals surface area contributed by atoms with Crippen LogP contribution < -0.4 is 9.88 Å². The van der Waals surface area contributed by atoms with Gasteiger partial charge < -0.3 is 4.74 Å². The van der Waals surface area contributed by atoms with Crippen LogP contribution in [-0.2, 0) is 10.0 Å². The van der Waals surface area contributed by atoms with Crippen LogP contribution in [-0.4, -0.2) is 52.7 Å². The van der Waals surface area contributed by atoms with Gasteiger partial charge in [0.25, 0.3) is 0 Å². The van der Waals surface area contributed by atoms with Gasteiger partial charge in [-0.05, 0) is 60.7 Å². The van der Waals surface area contributed by atoms with E-state index in [1.807, 2.05) is 42.5 Å². The topological polar surface area (TPSA) is 111 Å². The highest BCUT2D eigenvalue weighted by molar-refractivity contribution is 8.22. The van der Waals surface area contributed by atoms with Crippen molar-refractivity contribution in [3.05, 3.63) is 66.4 Å². The number of nitrogens with two attached hydrogens (primary N) is 1. The fourth-order valence-corrected chi connectivity index (χ4v) is 4.05. The SMILES string of the molecule is COc1ccc(-c2cc(C=CCSC(=S)N(C)O)nn2-c2ccc(S(N)(=O)=O)cc2)cc1. The van der Waals surface area contributed by atoms with Crippen molar-refractivity contribution in [1.82, 2.24) is 14.8 Å². The van der Waals surface area contributed by atoms with Crippen molar-refractivity contribution in [2.45, 2.75) is 4.90 Å². The molecule has 1 aromatic heterocycles. The molecule has 2 aromatic carbocycles. The van der Waals surface area contributed by atoms with Crippen LogP contribution >= 0.6 is 24.0 Å². The van der Waals surface area contributed by atoms with Crippen LogP contribution in [0.1, 0.15) is 5.69 Å². The Bertz CT molecular complexity index is 1220. The van der Waals surface area contributed by atoms with E-state index in [4.69, 9.17) is 22.1 Å². The van der Waals surface area contributed by atoms with E-state index in [2.05, 4.69) is 5.10 Å². The van der Waals surface area contributed by atoms with Crippen molar-refractivity contribution in [2.75, 3.05) is 19.9 Å². The molecule has 0 aliphatic carbocycles. The number of thioether (sulfide) groups is 1. The second kappa shape index (κ2) is 10.3. The van der Waals surface area contributed by atoms with E-state index in [0.29, 0.717) is 21.5 Å². The van der Waals surface area contributed by atoms with Gasteiger partial charge in [-0.1, -0.05) is 30.1 Å². The highest BCUT2D eigenvalue weighted by Crippen LogP contribution is 2.27. The number of aromatic nitrogens is 2. The van der Waals surface area contributed by atoms with Crippen LogP contribution in [0.4, 0.5) is 0 Å². The smallest absolute Gasteiger partial charge is 0.238 e. The summed E-state index contributed by atoms with van der Waals surface area (Å²) in [6.07, 6.45) is 3.75. The second-order valence-corrected chi connectivity index (χ2v) is 9.85. The Labute approximate surface area is 196 Å². The third-order valence-electron chi connectivity index (χ3n) is 4.38. The van der Waals surface area contributed by atoms with Crippen LogP contribution in [0.25, 0.3) is 23.0 Å². The molecular formula is C21H22N4O4S3. The maximum Gasteiger partial charge on any atom is 0.238 e. The Hall–Kier alpha value is -2.70. The summed E-state index contributed by atoms with van der Waals surface area (Å²) in [6.45, 7) is 0. The highest BCUT2D eigenvalue weighted by atomic mass is 32.2. The third-order valence-corrected chi connectivity index (χ3v) is 6.80. The summed E-state index contributed by atoms with van der Waals surface area (Å²) in [5, 5.41) is 20.1. The van der Waals surface area contributed by atoms with Crippen LogP contribution in [0.2, 0.25) is 0 Å². The zero-order valence-electron chi connectivity index (χ0n) is 17.4. The predicted octanol–water partition coefficient (Wildman–Crippen LogP) is 3.55. The molecule has 3 rings (SSSR count). The van der Waals surface area contributed by atoms with E-state index < -0.39 is 10.0 Å². The molecule has 0 radical (unpaired) electrons. The van der Waals surface area contributed by atoms with Crippen LogP contribution in [0.5, 0.6) is 5.75 Å². The quantitative estimate of drug-likeness (QED) is 0.382. The first-order valence-electron chi connectivity index (χ1n) is 9.32. The average Bonchev–Trinajstić information content (AvgIpc) is 3.20. The number of nitrogens with zero attached hydrogens (tertiary/aromatic N) is 3. The van der Waals surface area contributed by atoms with Gasteiger partial charge in [-0.25, -0.2) is 23.3 Å². The molecule has 0 aliphatic rings. The standard InChI is InChI=1S/C21H22N4O4S3/c1-24(26)21(30)31-13-3-4-16-14-20(15-5-9-18(29-2)10-6-15)25(23-16)17-7-11-19(12-8-17)32(22,27)28/h3-12,14,26H,13H2,1-2H3,(H2,22,27,28). The van der Waals surface area contributed by atoms with Gasteiger partial charge in [0.1, 0.15) is 5.75 Å². The Balaban J connectivity index is 1.95. The Kier molecular flexibility index (Phi) is 7.69. The molecule has 8 nitrogen and oxygen atoms in total. The maximum atomic E-state index is 11.6. The minimum atomic E-state index is -3.78. The molecule has 0 amide bonds. The summed E-state index contributed by atoms with van der Waals surface area (Å²) in [6, 6.07) is 15.7. The number of rotatable bonds is 7. The molecular weight excluding hydrogens is 468 g/mol. The van der Waals surface area contributed by atoms with Gasteiger partial charge in [0, 0.05) is 18.4 Å². The van der Waals surface area contributed by atoms with Crippen molar-refractivity contribution < 1.29 is 18.4 Å². The molecule has 0 unspecified atom stereocenters. The van der Waals surface area contributed by atoms with Gasteiger partial charge in [0.05, 0.1) is 29.1 Å². The van der Waals surface area contributed by atoms with Crippen molar-refractivity contribution >= 4 is 44.4 Å². The van der Waals surface area contributed by atoms with E-state index in [0.717, 1.165) is 22.1 Å². The number of ether oxygens (including phenoxy) is 1. The summed E-state index contributed by atoms with van der Waals surface area (Å²) >= 11 is 6.36. The Morgan fingerprint density at radius 1 is 1.25 bits per heavy atom. The normalized spacial score (nSPS) is 11.6. The first kappa shape index (κ1) is 24.0. The van der Waals surface area contributed by atoms with E-state index in [9.17, 15) is 13.6 Å². The molecule has 0 fully saturated rings. The van der Waals surface area contributed by atoms with Gasteiger partial charge in [-0.15, -0.1) is 0 Å². The molecule has 0 aliphatic heterocycles. The van der Waals surface area contributed by atoms with Crippen LogP contribution in [0.3, 0.4) is 0 Å². The number of hydrogen-bond acceptors (Lipinski definition) is 7. The summed E-state index contributed by atoms with van der Waals surface area (Å²) in [5.74, 6) is 1.30. The fraction of sp³-hybridized carbons (Fsp3) is 0.143. The summed E-state index contributed by atoms with van der Waals surface area (Å²) in [7, 11) is -0.704. The van der Waals surface area contributed by atoms with E-state index in [-0.39, 0.29) is 4.90 Å². The lowest BCUT2D eigenvalue weighted by Gasteiger charge is -2.09. The van der Waals surface area contributed by atoms with Crippen molar-refractivity contribution in [3.8, 4) is 22.7 Å². The molecule has 3 N–H and O–H groups in total. The number of hydrogen-bond donors (Lipinski definition) is 2. The number of thiocarbonyl (C=S) groups is 1. The van der Waals surface area contributed by atoms with E-state index in [1.165, 1.54) is 30.9 Å². The van der Waals surface area contributed by atoms with E-state index in [1.54, 1.807) is 23.9 Å². The van der Waals surface area contributed by atoms with Gasteiger partial charge in [-0.3, -0.25) is 5.21 Å². The zero-order valence-corrected chi connectivity index (χ0v) is 19.8. The van der Waals surface area contributed by atoms with E-state index >= 15 is 0 Å². The molecule has 3 aromatic rings. The second-order valence-electron chi connectivity index (χ2n) is 6.64. The molecule has 0 saturated heterocycles. The van der Waals surface area contributed by atoms with Crippen molar-refractivity contribution in [1.29, 1.82) is 0 Å². The lowest BCUT2D eigenvalue weighted by Crippen LogP contribution is -2.17. The lowest BCUT2D eigenvalue weighted by molar-refractivity contribution is 0.0205. The fourth-order valence-electron chi connectivity index (χ4n) is 2.80. The zero-order chi connectivity index (χ0) is 23.3. The minimum absolute atomic E-state index is 0.0290. The molecule has 0 bridgehead atoms. The minimum Gasteiger partial charge on any atom is -0.497 e. The lowest BCUT2D eigenvalue weighted by atomic mass is 10.1. The summed E-state index contributed by atoms with van der Waals surface area (Å²) < 4.78 is 30.5. The van der Waals surface area contributed by atoms with Crippen molar-refractivity contribution in [3.63, 3.8) is 0 Å². The van der Waals surface area contributed by atoms with Gasteiger partial charge in [0.15, 0.2) is 4.32 Å². The average molecular weight is 491 g/mol. The predicted molar refractivity (Wildman–Crippen MR) is 131 cm³/mol. The number of hydroxylamine groups is 2. The first-order valence-corrected chi connectivity index (χ1v) is 12.3. The van der Waals surface area contributed by atoms with Gasteiger partial charge in [-0.2, -0.15) is 5.10 Å². The number of benzene rings is 2. The number of sulfonamides is 1. The molecule has 0 spiro atoms. The monoisotopic (exact) mass is 490 g/mol. The molecule has 1 heterocycles. The van der Waals surface area contributed by atoms with Crippen molar-refractivity contribution in [2.24, 2.45) is 5.14 Å². The highest BCUT2D eigenvalue weighted by Gasteiger charge is 2.13. The number of methoxy groups -OCH3 is 1. The van der Waals surface area contributed by atoms with Gasteiger partial charge in [0.2, 0.25) is 10.0 Å². The first-order chi connectivity index (χ1) is 15.2. The molecule has 32 heavy (non-hydrogen) atoms. The molecule has 0 atom stereocenters. The van der Waals surface area contributed by atoms with Crippen LogP contribution in [0.15, 0.2) is 65.6 Å². The van der Waals surface area contributed by atoms with Crippen LogP contribution in [0, 0.1) is 0 Å². The number of primary sulfonamides is 1. The van der Waals surface area contributed by atoms with Gasteiger partial charge >= 0.3 is 0 Å². The molecule has 11 heteroatoms. The molecule has 0 saturated carbocycles.